The van der Waals surface area contributed by atoms with E-state index in [4.69, 9.17) is 0 Å². The van der Waals surface area contributed by atoms with Crippen molar-refractivity contribution in [1.82, 2.24) is 25.1 Å². The number of nitrogens with zero attached hydrogens (tertiary/aromatic N) is 4. The van der Waals surface area contributed by atoms with Crippen molar-refractivity contribution in [1.29, 1.82) is 0 Å². The molecule has 138 valence electrons. The molecule has 0 aliphatic carbocycles. The SMILES string of the molecule is CN1CCN(C(=O)CNC(=O)CCc2csc(-c3cccnc3)n2)CC1. The normalized spacial score (nSPS) is 15.0. The van der Waals surface area contributed by atoms with Gasteiger partial charge in [-0.25, -0.2) is 4.98 Å². The molecule has 2 amide bonds. The van der Waals surface area contributed by atoms with E-state index in [-0.39, 0.29) is 18.4 Å². The smallest absolute Gasteiger partial charge is 0.242 e. The minimum atomic E-state index is -0.122. The number of carbonyl (C=O) groups excluding carboxylic acids is 2. The van der Waals surface area contributed by atoms with Crippen LogP contribution >= 0.6 is 11.3 Å². The molecule has 1 aliphatic rings. The molecule has 1 saturated heterocycles. The first-order valence-electron chi connectivity index (χ1n) is 8.69. The van der Waals surface area contributed by atoms with E-state index in [2.05, 4.69) is 20.2 Å². The highest BCUT2D eigenvalue weighted by Gasteiger charge is 2.19. The van der Waals surface area contributed by atoms with E-state index < -0.39 is 0 Å². The highest BCUT2D eigenvalue weighted by Crippen LogP contribution is 2.23. The Morgan fingerprint density at radius 3 is 2.81 bits per heavy atom. The monoisotopic (exact) mass is 373 g/mol. The molecule has 2 aromatic heterocycles. The van der Waals surface area contributed by atoms with E-state index in [0.29, 0.717) is 12.8 Å². The van der Waals surface area contributed by atoms with Crippen LogP contribution in [0.3, 0.4) is 0 Å². The minimum Gasteiger partial charge on any atom is -0.347 e. The van der Waals surface area contributed by atoms with E-state index in [0.717, 1.165) is 42.4 Å². The molecule has 0 spiro atoms. The molecule has 0 radical (unpaired) electrons. The van der Waals surface area contributed by atoms with Crippen LogP contribution < -0.4 is 5.32 Å². The molecule has 8 heteroatoms. The van der Waals surface area contributed by atoms with E-state index in [9.17, 15) is 9.59 Å². The van der Waals surface area contributed by atoms with Gasteiger partial charge >= 0.3 is 0 Å². The number of nitrogens with one attached hydrogen (secondary N) is 1. The molecular weight excluding hydrogens is 350 g/mol. The Kier molecular flexibility index (Phi) is 6.30. The summed E-state index contributed by atoms with van der Waals surface area (Å²) in [6, 6.07) is 3.84. The molecule has 0 aromatic carbocycles. The standard InChI is InChI=1S/C18H23N5O2S/c1-22-7-9-23(10-8-22)17(25)12-20-16(24)5-4-15-13-26-18(21-15)14-3-2-6-19-11-14/h2-3,6,11,13H,4-5,7-10,12H2,1H3,(H,20,24). The third-order valence-electron chi connectivity index (χ3n) is 4.36. The first kappa shape index (κ1) is 18.5. The van der Waals surface area contributed by atoms with Crippen molar-refractivity contribution in [3.8, 4) is 10.6 Å². The van der Waals surface area contributed by atoms with Crippen LogP contribution in [-0.4, -0.2) is 71.4 Å². The third kappa shape index (κ3) is 5.09. The van der Waals surface area contributed by atoms with Crippen molar-refractivity contribution in [2.45, 2.75) is 12.8 Å². The second kappa shape index (κ2) is 8.86. The number of pyridine rings is 1. The fourth-order valence-corrected chi connectivity index (χ4v) is 3.56. The lowest BCUT2D eigenvalue weighted by molar-refractivity contribution is -0.134. The number of thiazole rings is 1. The molecule has 2 aromatic rings. The number of rotatable bonds is 6. The van der Waals surface area contributed by atoms with E-state index >= 15 is 0 Å². The van der Waals surface area contributed by atoms with E-state index in [1.807, 2.05) is 24.6 Å². The number of hydrogen-bond acceptors (Lipinski definition) is 6. The summed E-state index contributed by atoms with van der Waals surface area (Å²) >= 11 is 1.54. The van der Waals surface area contributed by atoms with Crippen molar-refractivity contribution >= 4 is 23.2 Å². The topological polar surface area (TPSA) is 78.4 Å². The number of likely N-dealkylation sites (N-methyl/N-ethyl adjacent to an activating group) is 1. The maximum absolute atomic E-state index is 12.1. The number of aryl methyl sites for hydroxylation is 1. The van der Waals surface area contributed by atoms with Crippen LogP contribution in [0.2, 0.25) is 0 Å². The Hall–Kier alpha value is -2.32. The highest BCUT2D eigenvalue weighted by molar-refractivity contribution is 7.13. The Bertz CT molecular complexity index is 741. The van der Waals surface area contributed by atoms with Gasteiger partial charge in [0.2, 0.25) is 11.8 Å². The van der Waals surface area contributed by atoms with Gasteiger partial charge in [0.05, 0.1) is 12.2 Å². The lowest BCUT2D eigenvalue weighted by atomic mass is 10.2. The largest absolute Gasteiger partial charge is 0.347 e. The van der Waals surface area contributed by atoms with E-state index in [1.165, 1.54) is 0 Å². The fraction of sp³-hybridized carbons (Fsp3) is 0.444. The molecule has 0 bridgehead atoms. The lowest BCUT2D eigenvalue weighted by Crippen LogP contribution is -2.50. The summed E-state index contributed by atoms with van der Waals surface area (Å²) in [6.45, 7) is 3.27. The maximum atomic E-state index is 12.1. The molecule has 0 atom stereocenters. The molecule has 26 heavy (non-hydrogen) atoms. The summed E-state index contributed by atoms with van der Waals surface area (Å²) in [6.07, 6.45) is 4.39. The third-order valence-corrected chi connectivity index (χ3v) is 5.30. The zero-order valence-corrected chi connectivity index (χ0v) is 15.7. The van der Waals surface area contributed by atoms with Crippen molar-refractivity contribution in [3.63, 3.8) is 0 Å². The summed E-state index contributed by atoms with van der Waals surface area (Å²) in [5.41, 5.74) is 1.86. The molecule has 0 unspecified atom stereocenters. The Labute approximate surface area is 157 Å². The van der Waals surface area contributed by atoms with Gasteiger partial charge in [-0.2, -0.15) is 0 Å². The summed E-state index contributed by atoms with van der Waals surface area (Å²) in [5.74, 6) is -0.137. The summed E-state index contributed by atoms with van der Waals surface area (Å²) < 4.78 is 0. The van der Waals surface area contributed by atoms with Crippen LogP contribution in [0.1, 0.15) is 12.1 Å². The number of amides is 2. The molecular formula is C18H23N5O2S. The van der Waals surface area contributed by atoms with Gasteiger partial charge in [0.25, 0.3) is 0 Å². The quantitative estimate of drug-likeness (QED) is 0.818. The van der Waals surface area contributed by atoms with Crippen LogP contribution in [0.25, 0.3) is 10.6 Å². The van der Waals surface area contributed by atoms with Crippen molar-refractivity contribution in [3.05, 3.63) is 35.6 Å². The van der Waals surface area contributed by atoms with Gasteiger partial charge < -0.3 is 15.1 Å². The van der Waals surface area contributed by atoms with E-state index in [1.54, 1.807) is 28.6 Å². The van der Waals surface area contributed by atoms with Gasteiger partial charge in [0.15, 0.2) is 0 Å². The van der Waals surface area contributed by atoms with Crippen molar-refractivity contribution in [2.75, 3.05) is 39.8 Å². The van der Waals surface area contributed by atoms with Crippen LogP contribution in [0.5, 0.6) is 0 Å². The first-order chi connectivity index (χ1) is 12.6. The van der Waals surface area contributed by atoms with Crippen molar-refractivity contribution in [2.24, 2.45) is 0 Å². The van der Waals surface area contributed by atoms with Gasteiger partial charge in [-0.15, -0.1) is 11.3 Å². The second-order valence-corrected chi connectivity index (χ2v) is 7.20. The summed E-state index contributed by atoms with van der Waals surface area (Å²) in [4.78, 5) is 36.8. The Balaban J connectivity index is 1.40. The van der Waals surface area contributed by atoms with Gasteiger partial charge in [0, 0.05) is 55.9 Å². The number of piperazine rings is 1. The van der Waals surface area contributed by atoms with Gasteiger partial charge in [-0.3, -0.25) is 14.6 Å². The predicted molar refractivity (Wildman–Crippen MR) is 101 cm³/mol. The number of carbonyl (C=O) groups is 2. The second-order valence-electron chi connectivity index (χ2n) is 6.35. The molecule has 1 aliphatic heterocycles. The van der Waals surface area contributed by atoms with Crippen LogP contribution in [0, 0.1) is 0 Å². The minimum absolute atomic E-state index is 0.0148. The average molecular weight is 373 g/mol. The van der Waals surface area contributed by atoms with Crippen LogP contribution in [0.4, 0.5) is 0 Å². The van der Waals surface area contributed by atoms with Crippen molar-refractivity contribution < 1.29 is 9.59 Å². The lowest BCUT2D eigenvalue weighted by Gasteiger charge is -2.32. The molecule has 0 saturated carbocycles. The van der Waals surface area contributed by atoms with Gasteiger partial charge in [-0.05, 0) is 25.6 Å². The molecule has 3 rings (SSSR count). The molecule has 1 fully saturated rings. The summed E-state index contributed by atoms with van der Waals surface area (Å²) in [7, 11) is 2.04. The van der Waals surface area contributed by atoms with Crippen LogP contribution in [0.15, 0.2) is 29.9 Å². The average Bonchev–Trinajstić information content (AvgIpc) is 3.15. The molecule has 7 nitrogen and oxygen atoms in total. The number of aromatic nitrogens is 2. The molecule has 3 heterocycles. The molecule has 1 N–H and O–H groups in total. The zero-order valence-electron chi connectivity index (χ0n) is 14.9. The van der Waals surface area contributed by atoms with Gasteiger partial charge in [0.1, 0.15) is 5.01 Å². The first-order valence-corrected chi connectivity index (χ1v) is 9.57. The maximum Gasteiger partial charge on any atom is 0.242 e. The zero-order chi connectivity index (χ0) is 18.4. The highest BCUT2D eigenvalue weighted by atomic mass is 32.1. The Morgan fingerprint density at radius 1 is 1.27 bits per heavy atom. The van der Waals surface area contributed by atoms with Gasteiger partial charge in [-0.1, -0.05) is 0 Å². The summed E-state index contributed by atoms with van der Waals surface area (Å²) in [5, 5.41) is 5.59. The predicted octanol–water partition coefficient (Wildman–Crippen LogP) is 1.03. The Morgan fingerprint density at radius 2 is 2.08 bits per heavy atom. The van der Waals surface area contributed by atoms with Crippen LogP contribution in [-0.2, 0) is 16.0 Å². The fourth-order valence-electron chi connectivity index (χ4n) is 2.72. The number of hydrogen-bond donors (Lipinski definition) is 1.